The van der Waals surface area contributed by atoms with Crippen LogP contribution >= 0.6 is 0 Å². The molecule has 1 unspecified atom stereocenters. The first-order chi connectivity index (χ1) is 15.4. The van der Waals surface area contributed by atoms with Crippen molar-refractivity contribution in [2.45, 2.75) is 25.8 Å². The van der Waals surface area contributed by atoms with Crippen LogP contribution in [-0.2, 0) is 4.79 Å². The average molecular weight is 433 g/mol. The van der Waals surface area contributed by atoms with E-state index < -0.39 is 5.97 Å². The fourth-order valence-corrected chi connectivity index (χ4v) is 3.60. The Balaban J connectivity index is 1.39. The van der Waals surface area contributed by atoms with E-state index in [2.05, 4.69) is 20.6 Å². The molecule has 32 heavy (non-hydrogen) atoms. The van der Waals surface area contributed by atoms with Crippen LogP contribution in [0.5, 0.6) is 0 Å². The summed E-state index contributed by atoms with van der Waals surface area (Å²) in [4.78, 5) is 46.0. The van der Waals surface area contributed by atoms with Crippen LogP contribution in [0.1, 0.15) is 40.5 Å². The number of aromatic carboxylic acids is 1. The fraction of sp³-hybridized carbons (Fsp3) is 0.261. The molecule has 3 aromatic rings. The van der Waals surface area contributed by atoms with Crippen molar-refractivity contribution in [3.63, 3.8) is 0 Å². The summed E-state index contributed by atoms with van der Waals surface area (Å²) in [6, 6.07) is 11.6. The third-order valence-corrected chi connectivity index (χ3v) is 5.38. The second kappa shape index (κ2) is 9.01. The zero-order valence-electron chi connectivity index (χ0n) is 17.5. The van der Waals surface area contributed by atoms with Crippen molar-refractivity contribution in [2.75, 3.05) is 23.7 Å². The first-order valence-corrected chi connectivity index (χ1v) is 10.4. The molecule has 1 saturated heterocycles. The molecule has 2 amide bonds. The van der Waals surface area contributed by atoms with Crippen LogP contribution in [0, 0.1) is 0 Å². The Morgan fingerprint density at radius 2 is 1.88 bits per heavy atom. The molecule has 9 heteroatoms. The molecule has 1 aliphatic heterocycles. The molecule has 1 aromatic heterocycles. The Bertz CT molecular complexity index is 1180. The number of nitrogens with one attached hydrogen (secondary N) is 2. The summed E-state index contributed by atoms with van der Waals surface area (Å²) in [6.07, 6.45) is 2.78. The molecule has 2 aromatic carbocycles. The van der Waals surface area contributed by atoms with Crippen molar-refractivity contribution >= 4 is 40.3 Å². The summed E-state index contributed by atoms with van der Waals surface area (Å²) in [6.45, 7) is 2.88. The van der Waals surface area contributed by atoms with E-state index in [0.29, 0.717) is 42.2 Å². The molecule has 2 heterocycles. The number of carbonyl (C=O) groups excluding carboxylic acids is 2. The number of benzene rings is 2. The molecule has 9 nitrogen and oxygen atoms in total. The minimum atomic E-state index is -1.01. The lowest BCUT2D eigenvalue weighted by molar-refractivity contribution is -0.115. The molecule has 0 saturated carbocycles. The predicted octanol–water partition coefficient (Wildman–Crippen LogP) is 3.00. The summed E-state index contributed by atoms with van der Waals surface area (Å²) in [7, 11) is 0. The highest BCUT2D eigenvalue weighted by molar-refractivity contribution is 5.96. The Kier molecular flexibility index (Phi) is 5.98. The highest BCUT2D eigenvalue weighted by atomic mass is 16.4. The van der Waals surface area contributed by atoms with E-state index in [4.69, 9.17) is 5.11 Å². The molecule has 164 valence electrons. The standard InChI is InChI=1S/C23H23N5O4/c1-2-20(29)25-17-7-5-14(6-8-17)21(30)28-10-9-18(13-28)26-23-24-12-16-4-3-15(22(31)32)11-19(16)27-23/h3-8,11-12,18H,2,9-10,13H2,1H3,(H,25,29)(H,31,32)(H,24,26,27). The Morgan fingerprint density at radius 1 is 1.12 bits per heavy atom. The fourth-order valence-electron chi connectivity index (χ4n) is 3.60. The Labute approximate surface area is 184 Å². The number of nitrogens with zero attached hydrogens (tertiary/aromatic N) is 3. The Hall–Kier alpha value is -4.01. The summed E-state index contributed by atoms with van der Waals surface area (Å²) < 4.78 is 0. The van der Waals surface area contributed by atoms with Gasteiger partial charge < -0.3 is 20.6 Å². The van der Waals surface area contributed by atoms with Crippen molar-refractivity contribution in [1.82, 2.24) is 14.9 Å². The number of carbonyl (C=O) groups is 3. The highest BCUT2D eigenvalue weighted by Crippen LogP contribution is 2.20. The van der Waals surface area contributed by atoms with Crippen molar-refractivity contribution in [2.24, 2.45) is 0 Å². The SMILES string of the molecule is CCC(=O)Nc1ccc(C(=O)N2CCC(Nc3ncc4ccc(C(=O)O)cc4n3)C2)cc1. The number of rotatable bonds is 6. The van der Waals surface area contributed by atoms with Gasteiger partial charge in [0.05, 0.1) is 11.1 Å². The number of hydrogen-bond acceptors (Lipinski definition) is 6. The van der Waals surface area contributed by atoms with Crippen molar-refractivity contribution < 1.29 is 19.5 Å². The highest BCUT2D eigenvalue weighted by Gasteiger charge is 2.27. The number of hydrogen-bond donors (Lipinski definition) is 3. The van der Waals surface area contributed by atoms with Crippen molar-refractivity contribution in [3.05, 3.63) is 59.8 Å². The first-order valence-electron chi connectivity index (χ1n) is 10.4. The van der Waals surface area contributed by atoms with Gasteiger partial charge in [-0.2, -0.15) is 0 Å². The number of amides is 2. The normalized spacial score (nSPS) is 15.5. The summed E-state index contributed by atoms with van der Waals surface area (Å²) in [5, 5.41) is 15.9. The quantitative estimate of drug-likeness (QED) is 0.546. The Morgan fingerprint density at radius 3 is 2.59 bits per heavy atom. The lowest BCUT2D eigenvalue weighted by atomic mass is 10.1. The van der Waals surface area contributed by atoms with Crippen LogP contribution < -0.4 is 10.6 Å². The minimum Gasteiger partial charge on any atom is -0.478 e. The molecule has 0 radical (unpaired) electrons. The molecule has 1 atom stereocenters. The molecular formula is C23H23N5O4. The number of carboxylic acid groups (broad SMARTS) is 1. The molecule has 4 rings (SSSR count). The van der Waals surface area contributed by atoms with E-state index in [0.717, 1.165) is 11.8 Å². The molecule has 1 aliphatic rings. The molecule has 1 fully saturated rings. The monoisotopic (exact) mass is 433 g/mol. The van der Waals surface area contributed by atoms with E-state index in [1.807, 2.05) is 0 Å². The second-order valence-electron chi connectivity index (χ2n) is 7.63. The van der Waals surface area contributed by atoms with Gasteiger partial charge in [0.1, 0.15) is 0 Å². The van der Waals surface area contributed by atoms with Crippen LogP contribution in [0.3, 0.4) is 0 Å². The van der Waals surface area contributed by atoms with Gasteiger partial charge in [-0.3, -0.25) is 9.59 Å². The number of aromatic nitrogens is 2. The minimum absolute atomic E-state index is 0.0119. The topological polar surface area (TPSA) is 125 Å². The second-order valence-corrected chi connectivity index (χ2v) is 7.63. The number of anilines is 2. The summed E-state index contributed by atoms with van der Waals surface area (Å²) >= 11 is 0. The largest absolute Gasteiger partial charge is 0.478 e. The van der Waals surface area contributed by atoms with Gasteiger partial charge in [-0.15, -0.1) is 0 Å². The van der Waals surface area contributed by atoms with Gasteiger partial charge in [0.15, 0.2) is 0 Å². The van der Waals surface area contributed by atoms with Crippen LogP contribution in [0.4, 0.5) is 11.6 Å². The zero-order valence-corrected chi connectivity index (χ0v) is 17.5. The first kappa shape index (κ1) is 21.2. The predicted molar refractivity (Wildman–Crippen MR) is 120 cm³/mol. The van der Waals surface area contributed by atoms with E-state index in [1.165, 1.54) is 12.1 Å². The number of carboxylic acids is 1. The van der Waals surface area contributed by atoms with Gasteiger partial charge in [0, 0.05) is 48.4 Å². The maximum atomic E-state index is 12.8. The van der Waals surface area contributed by atoms with Crippen LogP contribution in [-0.4, -0.2) is 56.9 Å². The lowest BCUT2D eigenvalue weighted by Crippen LogP contribution is -2.31. The molecule has 0 aliphatic carbocycles. The molecule has 0 bridgehead atoms. The van der Waals surface area contributed by atoms with Crippen LogP contribution in [0.15, 0.2) is 48.7 Å². The van der Waals surface area contributed by atoms with E-state index >= 15 is 0 Å². The van der Waals surface area contributed by atoms with Gasteiger partial charge in [0.25, 0.3) is 5.91 Å². The maximum Gasteiger partial charge on any atom is 0.335 e. The van der Waals surface area contributed by atoms with Gasteiger partial charge in [-0.1, -0.05) is 13.0 Å². The summed E-state index contributed by atoms with van der Waals surface area (Å²) in [5.74, 6) is -0.762. The van der Waals surface area contributed by atoms with Crippen molar-refractivity contribution in [1.29, 1.82) is 0 Å². The van der Waals surface area contributed by atoms with Crippen LogP contribution in [0.25, 0.3) is 10.9 Å². The zero-order chi connectivity index (χ0) is 22.7. The third-order valence-electron chi connectivity index (χ3n) is 5.38. The number of likely N-dealkylation sites (tertiary alicyclic amines) is 1. The average Bonchev–Trinajstić information content (AvgIpc) is 3.27. The van der Waals surface area contributed by atoms with Gasteiger partial charge in [-0.25, -0.2) is 14.8 Å². The molecule has 3 N–H and O–H groups in total. The lowest BCUT2D eigenvalue weighted by Gasteiger charge is -2.17. The van der Waals surface area contributed by atoms with Crippen LogP contribution in [0.2, 0.25) is 0 Å². The van der Waals surface area contributed by atoms with Crippen molar-refractivity contribution in [3.8, 4) is 0 Å². The van der Waals surface area contributed by atoms with Gasteiger partial charge >= 0.3 is 5.97 Å². The number of fused-ring (bicyclic) bond motifs is 1. The van der Waals surface area contributed by atoms with E-state index in [-0.39, 0.29) is 23.4 Å². The van der Waals surface area contributed by atoms with Gasteiger partial charge in [-0.05, 0) is 42.8 Å². The van der Waals surface area contributed by atoms with Gasteiger partial charge in [0.2, 0.25) is 11.9 Å². The third kappa shape index (κ3) is 4.66. The molecular weight excluding hydrogens is 410 g/mol. The maximum absolute atomic E-state index is 12.8. The van der Waals surface area contributed by atoms with E-state index in [9.17, 15) is 14.4 Å². The summed E-state index contributed by atoms with van der Waals surface area (Å²) in [5.41, 5.74) is 1.93. The molecule has 0 spiro atoms. The van der Waals surface area contributed by atoms with E-state index in [1.54, 1.807) is 48.4 Å². The smallest absolute Gasteiger partial charge is 0.335 e.